The van der Waals surface area contributed by atoms with Crippen LogP contribution in [-0.2, 0) is 24.3 Å². The van der Waals surface area contributed by atoms with E-state index < -0.39 is 0 Å². The van der Waals surface area contributed by atoms with Crippen molar-refractivity contribution in [3.63, 3.8) is 0 Å². The normalized spacial score (nSPS) is 20.4. The van der Waals surface area contributed by atoms with E-state index in [4.69, 9.17) is 21.6 Å². The summed E-state index contributed by atoms with van der Waals surface area (Å²) in [6.45, 7) is 4.91. The van der Waals surface area contributed by atoms with Gasteiger partial charge in [0.1, 0.15) is 5.82 Å². The van der Waals surface area contributed by atoms with E-state index >= 15 is 0 Å². The third kappa shape index (κ3) is 4.14. The number of halogens is 1. The molecular formula is C21H25ClN4O. The Morgan fingerprint density at radius 2 is 2.19 bits per heavy atom. The third-order valence-electron chi connectivity index (χ3n) is 5.58. The minimum Gasteiger partial charge on any atom is -0.338 e. The molecule has 1 amide bonds. The number of nitrogens with zero attached hydrogens (tertiary/aromatic N) is 4. The van der Waals surface area contributed by atoms with Crippen LogP contribution in [0.15, 0.2) is 30.5 Å². The zero-order chi connectivity index (χ0) is 18.8. The van der Waals surface area contributed by atoms with Gasteiger partial charge in [-0.05, 0) is 37.1 Å². The van der Waals surface area contributed by atoms with Gasteiger partial charge >= 0.3 is 0 Å². The molecule has 6 heteroatoms. The highest BCUT2D eigenvalue weighted by Crippen LogP contribution is 2.31. The summed E-state index contributed by atoms with van der Waals surface area (Å²) in [5, 5.41) is 0.779. The number of carbonyl (C=O) groups is 1. The molecule has 2 aliphatic heterocycles. The molecule has 2 aliphatic rings. The van der Waals surface area contributed by atoms with Gasteiger partial charge in [0.05, 0.1) is 11.7 Å². The monoisotopic (exact) mass is 384 g/mol. The molecule has 2 aromatic rings. The molecule has 5 nitrogen and oxygen atoms in total. The van der Waals surface area contributed by atoms with Crippen LogP contribution in [0.3, 0.4) is 0 Å². The van der Waals surface area contributed by atoms with Crippen molar-refractivity contribution < 1.29 is 4.79 Å². The van der Waals surface area contributed by atoms with Crippen LogP contribution in [0, 0.1) is 0 Å². The van der Waals surface area contributed by atoms with E-state index in [2.05, 4.69) is 11.0 Å². The van der Waals surface area contributed by atoms with Gasteiger partial charge in [0.15, 0.2) is 0 Å². The molecule has 3 heterocycles. The number of hydrogen-bond donors (Lipinski definition) is 0. The maximum Gasteiger partial charge on any atom is 0.219 e. The van der Waals surface area contributed by atoms with Gasteiger partial charge in [0.25, 0.3) is 0 Å². The zero-order valence-corrected chi connectivity index (χ0v) is 16.5. The van der Waals surface area contributed by atoms with Crippen molar-refractivity contribution >= 4 is 17.5 Å². The van der Waals surface area contributed by atoms with Crippen LogP contribution >= 0.6 is 11.6 Å². The first-order valence-corrected chi connectivity index (χ1v) is 10.1. The number of hydrogen-bond acceptors (Lipinski definition) is 4. The lowest BCUT2D eigenvalue weighted by atomic mass is 9.99. The summed E-state index contributed by atoms with van der Waals surface area (Å²) < 4.78 is 0. The van der Waals surface area contributed by atoms with Crippen molar-refractivity contribution in [1.29, 1.82) is 0 Å². The standard InChI is InChI=1S/C21H25ClN4O/c1-15(27)25-10-8-19-17(14-25)12-23-21(24-19)20-7-2-3-9-26(20)13-16-5-4-6-18(22)11-16/h4-6,11-12,20H,2-3,7-10,13-14H2,1H3. The van der Waals surface area contributed by atoms with Crippen molar-refractivity contribution in [3.8, 4) is 0 Å². The van der Waals surface area contributed by atoms with E-state index in [0.29, 0.717) is 6.54 Å². The third-order valence-corrected chi connectivity index (χ3v) is 5.82. The number of benzene rings is 1. The molecule has 0 saturated carbocycles. The van der Waals surface area contributed by atoms with Gasteiger partial charge < -0.3 is 4.90 Å². The predicted octanol–water partition coefficient (Wildman–Crippen LogP) is 3.76. The zero-order valence-electron chi connectivity index (χ0n) is 15.7. The average Bonchev–Trinajstić information content (AvgIpc) is 2.67. The number of fused-ring (bicyclic) bond motifs is 1. The molecule has 1 atom stereocenters. The van der Waals surface area contributed by atoms with E-state index in [-0.39, 0.29) is 11.9 Å². The fraction of sp³-hybridized carbons (Fsp3) is 0.476. The lowest BCUT2D eigenvalue weighted by molar-refractivity contribution is -0.129. The van der Waals surface area contributed by atoms with Crippen molar-refractivity contribution in [1.82, 2.24) is 19.8 Å². The molecule has 1 fully saturated rings. The molecule has 1 aromatic heterocycles. The van der Waals surface area contributed by atoms with Gasteiger partial charge in [-0.2, -0.15) is 0 Å². The molecule has 27 heavy (non-hydrogen) atoms. The summed E-state index contributed by atoms with van der Waals surface area (Å²) in [7, 11) is 0. The van der Waals surface area contributed by atoms with Crippen molar-refractivity contribution in [2.75, 3.05) is 13.1 Å². The second kappa shape index (κ2) is 7.95. The highest BCUT2D eigenvalue weighted by atomic mass is 35.5. The van der Waals surface area contributed by atoms with Crippen LogP contribution in [0.1, 0.15) is 54.9 Å². The number of rotatable bonds is 3. The lowest BCUT2D eigenvalue weighted by Crippen LogP contribution is -2.36. The molecule has 1 unspecified atom stereocenters. The molecular weight excluding hydrogens is 360 g/mol. The lowest BCUT2D eigenvalue weighted by Gasteiger charge is -2.35. The number of likely N-dealkylation sites (tertiary alicyclic amines) is 1. The Hall–Kier alpha value is -1.98. The van der Waals surface area contributed by atoms with Crippen LogP contribution in [0.25, 0.3) is 0 Å². The van der Waals surface area contributed by atoms with Crippen LogP contribution in [0.4, 0.5) is 0 Å². The fourth-order valence-electron chi connectivity index (χ4n) is 4.10. The molecule has 4 rings (SSSR count). The van der Waals surface area contributed by atoms with Gasteiger partial charge in [-0.3, -0.25) is 9.69 Å². The van der Waals surface area contributed by atoms with Crippen LogP contribution in [-0.4, -0.2) is 38.8 Å². The molecule has 0 aliphatic carbocycles. The first kappa shape index (κ1) is 18.4. The highest BCUT2D eigenvalue weighted by molar-refractivity contribution is 6.30. The van der Waals surface area contributed by atoms with Crippen LogP contribution < -0.4 is 0 Å². The predicted molar refractivity (Wildman–Crippen MR) is 105 cm³/mol. The topological polar surface area (TPSA) is 49.3 Å². The first-order chi connectivity index (χ1) is 13.1. The number of carbonyl (C=O) groups excluding carboxylic acids is 1. The maximum absolute atomic E-state index is 11.6. The van der Waals surface area contributed by atoms with E-state index in [0.717, 1.165) is 54.6 Å². The molecule has 0 radical (unpaired) electrons. The van der Waals surface area contributed by atoms with Gasteiger partial charge in [-0.15, -0.1) is 0 Å². The SMILES string of the molecule is CC(=O)N1CCc2nc(C3CCCCN3Cc3cccc(Cl)c3)ncc2C1. The summed E-state index contributed by atoms with van der Waals surface area (Å²) in [6.07, 6.45) is 6.23. The Labute approximate surface area is 165 Å². The van der Waals surface area contributed by atoms with Gasteiger partial charge in [-0.25, -0.2) is 9.97 Å². The Morgan fingerprint density at radius 1 is 1.30 bits per heavy atom. The summed E-state index contributed by atoms with van der Waals surface area (Å²) in [5.41, 5.74) is 3.41. The van der Waals surface area contributed by atoms with E-state index in [9.17, 15) is 4.79 Å². The number of amides is 1. The number of piperidine rings is 1. The summed E-state index contributed by atoms with van der Waals surface area (Å²) in [4.78, 5) is 25.6. The van der Waals surface area contributed by atoms with E-state index in [1.165, 1.54) is 18.4 Å². The maximum atomic E-state index is 11.6. The second-order valence-electron chi connectivity index (χ2n) is 7.50. The Kier molecular flexibility index (Phi) is 5.41. The van der Waals surface area contributed by atoms with Crippen molar-refractivity contribution in [3.05, 3.63) is 58.1 Å². The minimum absolute atomic E-state index is 0.115. The Balaban J connectivity index is 1.54. The highest BCUT2D eigenvalue weighted by Gasteiger charge is 2.28. The summed E-state index contributed by atoms with van der Waals surface area (Å²) in [5.74, 6) is 1.04. The average molecular weight is 385 g/mol. The molecule has 0 spiro atoms. The molecule has 0 N–H and O–H groups in total. The number of aromatic nitrogens is 2. The Morgan fingerprint density at radius 3 is 3.00 bits per heavy atom. The van der Waals surface area contributed by atoms with Crippen molar-refractivity contribution in [2.24, 2.45) is 0 Å². The van der Waals surface area contributed by atoms with Crippen LogP contribution in [0.5, 0.6) is 0 Å². The van der Waals surface area contributed by atoms with Gasteiger partial charge in [0.2, 0.25) is 5.91 Å². The Bertz CT molecular complexity index is 841. The molecule has 0 bridgehead atoms. The quantitative estimate of drug-likeness (QED) is 0.808. The second-order valence-corrected chi connectivity index (χ2v) is 7.94. The largest absolute Gasteiger partial charge is 0.338 e. The van der Waals surface area contributed by atoms with Gasteiger partial charge in [-0.1, -0.05) is 30.2 Å². The van der Waals surface area contributed by atoms with Crippen LogP contribution in [0.2, 0.25) is 5.02 Å². The van der Waals surface area contributed by atoms with E-state index in [1.807, 2.05) is 29.3 Å². The molecule has 142 valence electrons. The van der Waals surface area contributed by atoms with E-state index in [1.54, 1.807) is 6.92 Å². The first-order valence-electron chi connectivity index (χ1n) is 9.69. The summed E-state index contributed by atoms with van der Waals surface area (Å²) >= 11 is 6.16. The summed E-state index contributed by atoms with van der Waals surface area (Å²) in [6, 6.07) is 8.33. The van der Waals surface area contributed by atoms with Gasteiger partial charge in [0, 0.05) is 49.8 Å². The minimum atomic E-state index is 0.115. The fourth-order valence-corrected chi connectivity index (χ4v) is 4.32. The molecule has 1 aromatic carbocycles. The smallest absolute Gasteiger partial charge is 0.219 e. The van der Waals surface area contributed by atoms with Crippen molar-refractivity contribution in [2.45, 2.75) is 51.7 Å². The molecule has 1 saturated heterocycles.